The van der Waals surface area contributed by atoms with Crippen molar-refractivity contribution in [2.24, 2.45) is 0 Å². The molecular formula is C10H15N3O. The van der Waals surface area contributed by atoms with E-state index >= 15 is 0 Å². The van der Waals surface area contributed by atoms with Crippen molar-refractivity contribution in [3.8, 4) is 0 Å². The van der Waals surface area contributed by atoms with Crippen molar-refractivity contribution in [3.63, 3.8) is 0 Å². The van der Waals surface area contributed by atoms with Crippen LogP contribution in [0.5, 0.6) is 0 Å². The molecule has 0 N–H and O–H groups in total. The van der Waals surface area contributed by atoms with E-state index < -0.39 is 0 Å². The molecule has 0 saturated carbocycles. The smallest absolute Gasteiger partial charge is 0.266 e. The third-order valence-corrected chi connectivity index (χ3v) is 2.78. The Morgan fingerprint density at radius 2 is 2.14 bits per heavy atom. The van der Waals surface area contributed by atoms with Gasteiger partial charge in [-0.3, -0.25) is 4.79 Å². The second kappa shape index (κ2) is 3.92. The largest absolute Gasteiger partial charge is 0.306 e. The zero-order chi connectivity index (χ0) is 9.97. The summed E-state index contributed by atoms with van der Waals surface area (Å²) in [6.45, 7) is 2.10. The predicted molar refractivity (Wildman–Crippen MR) is 54.3 cm³/mol. The maximum atomic E-state index is 11.5. The van der Waals surface area contributed by atoms with E-state index in [-0.39, 0.29) is 5.56 Å². The molecule has 1 aromatic heterocycles. The fourth-order valence-corrected chi connectivity index (χ4v) is 1.88. The van der Waals surface area contributed by atoms with E-state index in [1.54, 1.807) is 23.0 Å². The number of aromatic nitrogens is 2. The Morgan fingerprint density at radius 3 is 2.79 bits per heavy atom. The fraction of sp³-hybridized carbons (Fsp3) is 0.600. The van der Waals surface area contributed by atoms with Crippen LogP contribution in [0.2, 0.25) is 0 Å². The first-order valence-electron chi connectivity index (χ1n) is 5.00. The molecule has 0 radical (unpaired) electrons. The molecule has 14 heavy (non-hydrogen) atoms. The zero-order valence-corrected chi connectivity index (χ0v) is 8.39. The van der Waals surface area contributed by atoms with Gasteiger partial charge >= 0.3 is 0 Å². The monoisotopic (exact) mass is 193 g/mol. The number of rotatable bonds is 1. The predicted octanol–water partition coefficient (Wildman–Crippen LogP) is 0.510. The lowest BCUT2D eigenvalue weighted by Crippen LogP contribution is -2.36. The number of piperidine rings is 1. The van der Waals surface area contributed by atoms with Crippen molar-refractivity contribution >= 4 is 0 Å². The standard InChI is InChI=1S/C10H15N3O/c1-12-7-4-9(5-8-12)13-10(14)3-2-6-11-13/h2-3,6,9H,4-5,7-8H2,1H3. The summed E-state index contributed by atoms with van der Waals surface area (Å²) in [4.78, 5) is 13.8. The minimum Gasteiger partial charge on any atom is -0.306 e. The fourth-order valence-electron chi connectivity index (χ4n) is 1.88. The molecule has 1 aliphatic rings. The van der Waals surface area contributed by atoms with Crippen molar-refractivity contribution in [2.75, 3.05) is 20.1 Å². The molecule has 0 aliphatic carbocycles. The van der Waals surface area contributed by atoms with E-state index in [0.29, 0.717) is 6.04 Å². The molecule has 2 rings (SSSR count). The van der Waals surface area contributed by atoms with Crippen molar-refractivity contribution in [3.05, 3.63) is 28.7 Å². The molecule has 0 amide bonds. The van der Waals surface area contributed by atoms with Crippen molar-refractivity contribution in [2.45, 2.75) is 18.9 Å². The van der Waals surface area contributed by atoms with Crippen molar-refractivity contribution in [1.29, 1.82) is 0 Å². The molecule has 4 heteroatoms. The third kappa shape index (κ3) is 1.85. The van der Waals surface area contributed by atoms with Gasteiger partial charge < -0.3 is 4.90 Å². The number of hydrogen-bond donors (Lipinski definition) is 0. The van der Waals surface area contributed by atoms with Crippen LogP contribution >= 0.6 is 0 Å². The van der Waals surface area contributed by atoms with E-state index in [0.717, 1.165) is 25.9 Å². The minimum absolute atomic E-state index is 0.0158. The highest BCUT2D eigenvalue weighted by atomic mass is 16.1. The number of nitrogens with zero attached hydrogens (tertiary/aromatic N) is 3. The van der Waals surface area contributed by atoms with Gasteiger partial charge in [0.05, 0.1) is 6.04 Å². The van der Waals surface area contributed by atoms with Gasteiger partial charge in [0.1, 0.15) is 0 Å². The first kappa shape index (κ1) is 9.40. The van der Waals surface area contributed by atoms with Crippen LogP contribution in [0.25, 0.3) is 0 Å². The van der Waals surface area contributed by atoms with Crippen LogP contribution in [0.3, 0.4) is 0 Å². The lowest BCUT2D eigenvalue weighted by atomic mass is 10.1. The quantitative estimate of drug-likeness (QED) is 0.652. The minimum atomic E-state index is 0.0158. The molecule has 1 aliphatic heterocycles. The molecule has 2 heterocycles. The molecule has 76 valence electrons. The Bertz CT molecular complexity index is 352. The van der Waals surface area contributed by atoms with Crippen LogP contribution in [-0.2, 0) is 0 Å². The maximum Gasteiger partial charge on any atom is 0.266 e. The van der Waals surface area contributed by atoms with Crippen LogP contribution in [0, 0.1) is 0 Å². The summed E-state index contributed by atoms with van der Waals surface area (Å²) in [6.07, 6.45) is 3.72. The molecular weight excluding hydrogens is 178 g/mol. The molecule has 1 saturated heterocycles. The van der Waals surface area contributed by atoms with E-state index in [1.807, 2.05) is 0 Å². The van der Waals surface area contributed by atoms with Crippen LogP contribution in [0.1, 0.15) is 18.9 Å². The molecule has 0 atom stereocenters. The maximum absolute atomic E-state index is 11.5. The van der Waals surface area contributed by atoms with Gasteiger partial charge in [-0.25, -0.2) is 4.68 Å². The molecule has 0 aromatic carbocycles. The zero-order valence-electron chi connectivity index (χ0n) is 8.39. The van der Waals surface area contributed by atoms with Gasteiger partial charge in [-0.05, 0) is 39.0 Å². The summed E-state index contributed by atoms with van der Waals surface area (Å²) >= 11 is 0. The average Bonchev–Trinajstić information content (AvgIpc) is 2.20. The van der Waals surface area contributed by atoms with Crippen LogP contribution in [0.4, 0.5) is 0 Å². The lowest BCUT2D eigenvalue weighted by molar-refractivity contribution is 0.208. The molecule has 0 bridgehead atoms. The van der Waals surface area contributed by atoms with Crippen LogP contribution in [0.15, 0.2) is 23.1 Å². The Kier molecular flexibility index (Phi) is 2.63. The summed E-state index contributed by atoms with van der Waals surface area (Å²) in [5, 5.41) is 4.11. The van der Waals surface area contributed by atoms with Crippen molar-refractivity contribution < 1.29 is 0 Å². The van der Waals surface area contributed by atoms with Gasteiger partial charge in [-0.1, -0.05) is 0 Å². The Labute approximate surface area is 83.2 Å². The van der Waals surface area contributed by atoms with Gasteiger partial charge in [0, 0.05) is 12.3 Å². The van der Waals surface area contributed by atoms with Gasteiger partial charge in [-0.15, -0.1) is 0 Å². The Balaban J connectivity index is 2.16. The van der Waals surface area contributed by atoms with Gasteiger partial charge in [0.15, 0.2) is 0 Å². The normalized spacial score (nSPS) is 19.8. The van der Waals surface area contributed by atoms with Crippen LogP contribution < -0.4 is 5.56 Å². The highest BCUT2D eigenvalue weighted by Gasteiger charge is 2.19. The van der Waals surface area contributed by atoms with Gasteiger partial charge in [-0.2, -0.15) is 5.10 Å². The summed E-state index contributed by atoms with van der Waals surface area (Å²) < 4.78 is 1.62. The second-order valence-electron chi connectivity index (χ2n) is 3.84. The van der Waals surface area contributed by atoms with E-state index in [9.17, 15) is 4.79 Å². The Hall–Kier alpha value is -1.16. The third-order valence-electron chi connectivity index (χ3n) is 2.78. The number of hydrogen-bond acceptors (Lipinski definition) is 3. The summed E-state index contributed by atoms with van der Waals surface area (Å²) in [5.41, 5.74) is 0.0158. The molecule has 1 fully saturated rings. The highest BCUT2D eigenvalue weighted by molar-refractivity contribution is 4.88. The average molecular weight is 193 g/mol. The molecule has 0 unspecified atom stereocenters. The first-order valence-corrected chi connectivity index (χ1v) is 5.00. The SMILES string of the molecule is CN1CCC(n2ncccc2=O)CC1. The van der Waals surface area contributed by atoms with Gasteiger partial charge in [0.2, 0.25) is 0 Å². The van der Waals surface area contributed by atoms with Gasteiger partial charge in [0.25, 0.3) is 5.56 Å². The molecule has 4 nitrogen and oxygen atoms in total. The second-order valence-corrected chi connectivity index (χ2v) is 3.84. The lowest BCUT2D eigenvalue weighted by Gasteiger charge is -2.29. The number of likely N-dealkylation sites (tertiary alicyclic amines) is 1. The van der Waals surface area contributed by atoms with E-state index in [4.69, 9.17) is 0 Å². The van der Waals surface area contributed by atoms with E-state index in [2.05, 4.69) is 17.0 Å². The Morgan fingerprint density at radius 1 is 1.43 bits per heavy atom. The van der Waals surface area contributed by atoms with E-state index in [1.165, 1.54) is 0 Å². The highest BCUT2D eigenvalue weighted by Crippen LogP contribution is 2.18. The summed E-state index contributed by atoms with van der Waals surface area (Å²) in [5.74, 6) is 0. The first-order chi connectivity index (χ1) is 6.77. The molecule has 0 spiro atoms. The van der Waals surface area contributed by atoms with Crippen LogP contribution in [-0.4, -0.2) is 34.8 Å². The molecule has 1 aromatic rings. The summed E-state index contributed by atoms with van der Waals surface area (Å²) in [6, 6.07) is 3.55. The summed E-state index contributed by atoms with van der Waals surface area (Å²) in [7, 11) is 2.11. The van der Waals surface area contributed by atoms with Crippen molar-refractivity contribution in [1.82, 2.24) is 14.7 Å². The topological polar surface area (TPSA) is 38.1 Å².